The van der Waals surface area contributed by atoms with Crippen LogP contribution in [0.4, 0.5) is 0 Å². The van der Waals surface area contributed by atoms with Gasteiger partial charge in [0.15, 0.2) is 5.78 Å². The average Bonchev–Trinajstić information content (AvgIpc) is 2.62. The topological polar surface area (TPSA) is 59.3 Å². The number of benzene rings is 2. The summed E-state index contributed by atoms with van der Waals surface area (Å²) < 4.78 is 1.48. The number of hydrogen-bond acceptors (Lipinski definition) is 3. The van der Waals surface area contributed by atoms with Gasteiger partial charge >= 0.3 is 0 Å². The van der Waals surface area contributed by atoms with Gasteiger partial charge in [-0.1, -0.05) is 41.9 Å². The number of pyridine rings is 1. The van der Waals surface area contributed by atoms with Crippen LogP contribution in [0.5, 0.6) is 5.75 Å². The van der Waals surface area contributed by atoms with E-state index in [2.05, 4.69) is 0 Å². The molecule has 1 N–H and O–H groups in total. The van der Waals surface area contributed by atoms with Gasteiger partial charge in [-0.3, -0.25) is 9.59 Å². The van der Waals surface area contributed by atoms with E-state index in [1.165, 1.54) is 10.6 Å². The molecule has 0 saturated carbocycles. The predicted octanol–water partition coefficient (Wildman–Crippen LogP) is 4.28. The number of aromatic nitrogens is 1. The lowest BCUT2D eigenvalue weighted by atomic mass is 10.1. The molecule has 3 rings (SSSR count). The van der Waals surface area contributed by atoms with E-state index >= 15 is 0 Å². The molecule has 5 heteroatoms. The highest BCUT2D eigenvalue weighted by Gasteiger charge is 2.19. The van der Waals surface area contributed by atoms with Gasteiger partial charge in [0.2, 0.25) is 0 Å². The number of fused-ring (bicyclic) bond motifs is 1. The molecule has 0 aliphatic carbocycles. The number of carbonyl (C=O) groups is 1. The Morgan fingerprint density at radius 2 is 1.84 bits per heavy atom. The summed E-state index contributed by atoms with van der Waals surface area (Å²) in [5.41, 5.74) is 0.662. The summed E-state index contributed by atoms with van der Waals surface area (Å²) in [6, 6.07) is 13.9. The number of ketones is 1. The highest BCUT2D eigenvalue weighted by atomic mass is 35.5. The van der Waals surface area contributed by atoms with E-state index in [1.807, 2.05) is 6.92 Å². The summed E-state index contributed by atoms with van der Waals surface area (Å²) in [5.74, 6) is -0.818. The third-order valence-electron chi connectivity index (χ3n) is 4.01. The fraction of sp³-hybridized carbons (Fsp3) is 0.100. The zero-order chi connectivity index (χ0) is 18.0. The Morgan fingerprint density at radius 1 is 1.16 bits per heavy atom. The Hall–Kier alpha value is -2.85. The Kier molecular flexibility index (Phi) is 4.72. The van der Waals surface area contributed by atoms with Crippen molar-refractivity contribution >= 4 is 34.4 Å². The molecule has 0 fully saturated rings. The smallest absolute Gasteiger partial charge is 0.266 e. The van der Waals surface area contributed by atoms with Gasteiger partial charge in [-0.2, -0.15) is 0 Å². The van der Waals surface area contributed by atoms with Crippen molar-refractivity contribution in [2.24, 2.45) is 0 Å². The zero-order valence-electron chi connectivity index (χ0n) is 13.6. The van der Waals surface area contributed by atoms with Crippen molar-refractivity contribution in [3.8, 4) is 5.75 Å². The number of aromatic hydroxyl groups is 1. The minimum absolute atomic E-state index is 0.217. The van der Waals surface area contributed by atoms with E-state index in [4.69, 9.17) is 11.6 Å². The quantitative estimate of drug-likeness (QED) is 0.562. The van der Waals surface area contributed by atoms with Crippen LogP contribution in [0, 0.1) is 0 Å². The second-order valence-corrected chi connectivity index (χ2v) is 5.98. The summed E-state index contributed by atoms with van der Waals surface area (Å²) in [6.45, 7) is 2.23. The van der Waals surface area contributed by atoms with E-state index in [0.29, 0.717) is 22.5 Å². The van der Waals surface area contributed by atoms with Gasteiger partial charge in [-0.05, 0) is 42.8 Å². The van der Waals surface area contributed by atoms with Crippen molar-refractivity contribution < 1.29 is 9.90 Å². The molecule has 1 heterocycles. The lowest BCUT2D eigenvalue weighted by Gasteiger charge is -2.12. The van der Waals surface area contributed by atoms with Crippen LogP contribution in [0.3, 0.4) is 0 Å². The average molecular weight is 354 g/mol. The van der Waals surface area contributed by atoms with Crippen LogP contribution < -0.4 is 5.56 Å². The summed E-state index contributed by atoms with van der Waals surface area (Å²) in [4.78, 5) is 25.2. The van der Waals surface area contributed by atoms with Crippen molar-refractivity contribution in [3.05, 3.63) is 81.1 Å². The molecule has 0 bridgehead atoms. The van der Waals surface area contributed by atoms with Gasteiger partial charge in [0.25, 0.3) is 5.56 Å². The van der Waals surface area contributed by atoms with Gasteiger partial charge in [-0.25, -0.2) is 0 Å². The maximum atomic E-state index is 12.7. The van der Waals surface area contributed by atoms with E-state index in [9.17, 15) is 14.7 Å². The number of allylic oxidation sites excluding steroid dienone is 1. The molecule has 1 aromatic heterocycles. The monoisotopic (exact) mass is 353 g/mol. The lowest BCUT2D eigenvalue weighted by Crippen LogP contribution is -2.26. The molecule has 0 unspecified atom stereocenters. The van der Waals surface area contributed by atoms with Crippen molar-refractivity contribution in [3.63, 3.8) is 0 Å². The zero-order valence-corrected chi connectivity index (χ0v) is 14.3. The van der Waals surface area contributed by atoms with Crippen molar-refractivity contribution in [2.45, 2.75) is 13.5 Å². The van der Waals surface area contributed by atoms with Crippen molar-refractivity contribution in [1.29, 1.82) is 0 Å². The summed E-state index contributed by atoms with van der Waals surface area (Å²) in [7, 11) is 0. The number of rotatable bonds is 4. The van der Waals surface area contributed by atoms with Gasteiger partial charge in [0, 0.05) is 17.0 Å². The highest BCUT2D eigenvalue weighted by molar-refractivity contribution is 6.30. The summed E-state index contributed by atoms with van der Waals surface area (Å²) >= 11 is 5.83. The first kappa shape index (κ1) is 17.0. The molecule has 0 radical (unpaired) electrons. The Bertz CT molecular complexity index is 1030. The van der Waals surface area contributed by atoms with E-state index in [-0.39, 0.29) is 11.3 Å². The van der Waals surface area contributed by atoms with E-state index < -0.39 is 11.3 Å². The fourth-order valence-electron chi connectivity index (χ4n) is 2.75. The molecule has 25 heavy (non-hydrogen) atoms. The van der Waals surface area contributed by atoms with Crippen LogP contribution in [0.1, 0.15) is 22.8 Å². The Morgan fingerprint density at radius 3 is 2.52 bits per heavy atom. The molecule has 0 aliphatic rings. The fourth-order valence-corrected chi connectivity index (χ4v) is 2.88. The Balaban J connectivity index is 2.10. The molecule has 0 saturated heterocycles. The number of hydrogen-bond donors (Lipinski definition) is 1. The van der Waals surface area contributed by atoms with Crippen LogP contribution in [-0.2, 0) is 6.54 Å². The molecular weight excluding hydrogens is 338 g/mol. The summed E-state index contributed by atoms with van der Waals surface area (Å²) in [5, 5.41) is 11.5. The SMILES string of the molecule is CCn1c(=O)c(C(=O)C=Cc2ccc(Cl)cc2)c(O)c2ccccc21. The van der Waals surface area contributed by atoms with Crippen LogP contribution in [0.25, 0.3) is 17.0 Å². The van der Waals surface area contributed by atoms with Gasteiger partial charge in [0.1, 0.15) is 11.3 Å². The predicted molar refractivity (Wildman–Crippen MR) is 100 cm³/mol. The maximum absolute atomic E-state index is 12.7. The normalized spacial score (nSPS) is 11.3. The minimum atomic E-state index is -0.537. The Labute approximate surface area is 149 Å². The number of halogens is 1. The van der Waals surface area contributed by atoms with Crippen LogP contribution in [-0.4, -0.2) is 15.5 Å². The molecule has 126 valence electrons. The number of nitrogens with zero attached hydrogens (tertiary/aromatic N) is 1. The van der Waals surface area contributed by atoms with Crippen molar-refractivity contribution in [2.75, 3.05) is 0 Å². The van der Waals surface area contributed by atoms with Crippen molar-refractivity contribution in [1.82, 2.24) is 4.57 Å². The molecular formula is C20H16ClNO3. The first-order valence-corrected chi connectivity index (χ1v) is 8.23. The molecule has 0 atom stereocenters. The third-order valence-corrected chi connectivity index (χ3v) is 4.26. The van der Waals surface area contributed by atoms with Gasteiger partial charge in [0.05, 0.1) is 5.52 Å². The lowest BCUT2D eigenvalue weighted by molar-refractivity contribution is 0.104. The molecule has 0 aliphatic heterocycles. The second kappa shape index (κ2) is 6.95. The largest absolute Gasteiger partial charge is 0.506 e. The number of para-hydroxylation sites is 1. The number of aryl methyl sites for hydroxylation is 1. The molecule has 0 spiro atoms. The molecule has 2 aromatic carbocycles. The van der Waals surface area contributed by atoms with Crippen LogP contribution in [0.15, 0.2) is 59.4 Å². The maximum Gasteiger partial charge on any atom is 0.266 e. The van der Waals surface area contributed by atoms with Crippen LogP contribution >= 0.6 is 11.6 Å². The molecule has 3 aromatic rings. The molecule has 0 amide bonds. The standard InChI is InChI=1S/C20H16ClNO3/c1-2-22-16-6-4-3-5-15(16)19(24)18(20(22)25)17(23)12-9-13-7-10-14(21)11-8-13/h3-12,24H,2H2,1H3. The second-order valence-electron chi connectivity index (χ2n) is 5.54. The first-order chi connectivity index (χ1) is 12.0. The summed E-state index contributed by atoms with van der Waals surface area (Å²) in [6.07, 6.45) is 2.87. The third kappa shape index (κ3) is 3.21. The first-order valence-electron chi connectivity index (χ1n) is 7.85. The van der Waals surface area contributed by atoms with Crippen LogP contribution in [0.2, 0.25) is 5.02 Å². The highest BCUT2D eigenvalue weighted by Crippen LogP contribution is 2.26. The number of carbonyl (C=O) groups excluding carboxylic acids is 1. The van der Waals surface area contributed by atoms with E-state index in [1.54, 1.807) is 54.6 Å². The van der Waals surface area contributed by atoms with E-state index in [0.717, 1.165) is 5.56 Å². The van der Waals surface area contributed by atoms with Gasteiger partial charge in [-0.15, -0.1) is 0 Å². The molecule has 4 nitrogen and oxygen atoms in total. The minimum Gasteiger partial charge on any atom is -0.506 e. The van der Waals surface area contributed by atoms with Gasteiger partial charge < -0.3 is 9.67 Å².